The number of pyridine rings is 4. The smallest absolute Gasteiger partial charge is 0.0972 e. The van der Waals surface area contributed by atoms with Crippen molar-refractivity contribution in [3.05, 3.63) is 156 Å². The normalized spacial score (nSPS) is 11.5. The topological polar surface area (TPSA) is 51.6 Å². The number of rotatable bonds is 4. The van der Waals surface area contributed by atoms with Crippen molar-refractivity contribution in [2.24, 2.45) is 0 Å². The molecule has 0 N–H and O–H groups in total. The lowest BCUT2D eigenvalue weighted by molar-refractivity contribution is 1.35. The molecule has 0 aliphatic heterocycles. The molecule has 6 heteroatoms. The minimum absolute atomic E-state index is 0.681. The largest absolute Gasteiger partial charge is 0.245 e. The van der Waals surface area contributed by atoms with Gasteiger partial charge in [0.2, 0.25) is 0 Å². The van der Waals surface area contributed by atoms with E-state index in [0.29, 0.717) is 10.0 Å². The third kappa shape index (κ3) is 5.12. The number of hydrogen-bond acceptors (Lipinski definition) is 4. The predicted octanol–water partition coefficient (Wildman–Crippen LogP) is 11.9. The molecule has 9 aromatic rings. The number of aromatic nitrogens is 4. The molecular weight excluding hydrogens is 631 g/mol. The maximum absolute atomic E-state index is 6.29. The van der Waals surface area contributed by atoms with Gasteiger partial charge in [0.15, 0.2) is 0 Å². The minimum Gasteiger partial charge on any atom is -0.245 e. The van der Waals surface area contributed by atoms with Crippen LogP contribution in [0.4, 0.5) is 0 Å². The summed E-state index contributed by atoms with van der Waals surface area (Å²) in [6, 6.07) is 48.9. The molecule has 0 saturated carbocycles. The Labute approximate surface area is 286 Å². The van der Waals surface area contributed by atoms with Crippen LogP contribution >= 0.6 is 23.2 Å². The van der Waals surface area contributed by atoms with Crippen LogP contribution in [0.2, 0.25) is 10.0 Å². The van der Waals surface area contributed by atoms with Crippen LogP contribution in [0.25, 0.3) is 88.6 Å². The minimum atomic E-state index is 0.681. The molecule has 0 bridgehead atoms. The van der Waals surface area contributed by atoms with E-state index in [0.717, 1.165) is 88.6 Å². The van der Waals surface area contributed by atoms with E-state index >= 15 is 0 Å². The zero-order valence-electron chi connectivity index (χ0n) is 25.4. The first kappa shape index (κ1) is 28.5. The van der Waals surface area contributed by atoms with E-state index in [9.17, 15) is 0 Å². The fourth-order valence-electron chi connectivity index (χ4n) is 6.31. The first-order valence-corrected chi connectivity index (χ1v) is 16.4. The Morgan fingerprint density at radius 1 is 0.292 bits per heavy atom. The van der Waals surface area contributed by atoms with E-state index < -0.39 is 0 Å². The van der Waals surface area contributed by atoms with Gasteiger partial charge in [-0.15, -0.1) is 0 Å². The molecule has 0 radical (unpaired) electrons. The molecule has 4 nitrogen and oxygen atoms in total. The highest BCUT2D eigenvalue weighted by atomic mass is 35.5. The average molecular weight is 656 g/mol. The van der Waals surface area contributed by atoms with Gasteiger partial charge in [0, 0.05) is 53.8 Å². The summed E-state index contributed by atoms with van der Waals surface area (Å²) < 4.78 is 0. The van der Waals surface area contributed by atoms with Crippen LogP contribution in [0.5, 0.6) is 0 Å². The maximum Gasteiger partial charge on any atom is 0.0972 e. The molecule has 0 aliphatic rings. The Morgan fingerprint density at radius 3 is 0.875 bits per heavy atom. The van der Waals surface area contributed by atoms with Crippen molar-refractivity contribution in [3.8, 4) is 45.0 Å². The summed E-state index contributed by atoms with van der Waals surface area (Å²) in [5.74, 6) is 0. The Bertz CT molecular complexity index is 2540. The molecule has 0 fully saturated rings. The molecule has 4 aromatic heterocycles. The summed E-state index contributed by atoms with van der Waals surface area (Å²) in [6.45, 7) is 0. The number of fused-ring (bicyclic) bond motifs is 6. The van der Waals surface area contributed by atoms with Crippen molar-refractivity contribution in [1.82, 2.24) is 19.9 Å². The van der Waals surface area contributed by atoms with Crippen LogP contribution in [-0.4, -0.2) is 19.9 Å². The van der Waals surface area contributed by atoms with Gasteiger partial charge in [-0.3, -0.25) is 0 Å². The average Bonchev–Trinajstić information content (AvgIpc) is 3.14. The van der Waals surface area contributed by atoms with Crippen molar-refractivity contribution < 1.29 is 0 Å². The summed E-state index contributed by atoms with van der Waals surface area (Å²) in [4.78, 5) is 20.4. The maximum atomic E-state index is 6.29. The van der Waals surface area contributed by atoms with Crippen molar-refractivity contribution in [2.45, 2.75) is 0 Å². The Morgan fingerprint density at radius 2 is 0.562 bits per heavy atom. The second-order valence-electron chi connectivity index (χ2n) is 11.8. The Balaban J connectivity index is 1.14. The fraction of sp³-hybridized carbons (Fsp3) is 0. The van der Waals surface area contributed by atoms with Crippen molar-refractivity contribution in [2.75, 3.05) is 0 Å². The monoisotopic (exact) mass is 654 g/mol. The zero-order chi connectivity index (χ0) is 32.2. The first-order valence-electron chi connectivity index (χ1n) is 15.6. The van der Waals surface area contributed by atoms with Gasteiger partial charge in [-0.05, 0) is 54.6 Å². The molecule has 0 atom stereocenters. The lowest BCUT2D eigenvalue weighted by atomic mass is 10.0. The molecule has 48 heavy (non-hydrogen) atoms. The van der Waals surface area contributed by atoms with Gasteiger partial charge >= 0.3 is 0 Å². The standard InChI is InChI=1S/C42H24Cl2N4/c43-33-8-2-6-31(23-33)37-20-16-27-12-10-25-14-18-35(45-39(25)41(27)47-37)29-4-1-5-30(22-29)36-19-15-26-11-13-28-17-21-38(48-42(28)40(26)46-36)32-7-3-9-34(44)24-32/h1-24H. The SMILES string of the molecule is Clc1cccc(-c2ccc3ccc4ccc(-c5cccc(-c6ccc7ccc8ccc(-c9cccc(Cl)c9)nc8c7n6)c5)nc4c3n2)c1. The summed E-state index contributed by atoms with van der Waals surface area (Å²) in [5, 5.41) is 5.50. The Hall–Kier alpha value is -5.68. The Kier molecular flexibility index (Phi) is 6.86. The van der Waals surface area contributed by atoms with Gasteiger partial charge in [-0.25, -0.2) is 19.9 Å². The van der Waals surface area contributed by atoms with Gasteiger partial charge in [-0.1, -0.05) is 114 Å². The van der Waals surface area contributed by atoms with E-state index in [2.05, 4.69) is 84.9 Å². The highest BCUT2D eigenvalue weighted by Crippen LogP contribution is 2.33. The number of benzene rings is 5. The fourth-order valence-corrected chi connectivity index (χ4v) is 6.69. The molecule has 0 amide bonds. The van der Waals surface area contributed by atoms with Crippen molar-refractivity contribution in [1.29, 1.82) is 0 Å². The summed E-state index contributed by atoms with van der Waals surface area (Å²) in [5.41, 5.74) is 10.8. The summed E-state index contributed by atoms with van der Waals surface area (Å²) in [6.07, 6.45) is 0. The highest BCUT2D eigenvalue weighted by molar-refractivity contribution is 6.31. The summed E-state index contributed by atoms with van der Waals surface area (Å²) >= 11 is 12.6. The molecule has 226 valence electrons. The third-order valence-electron chi connectivity index (χ3n) is 8.73. The second kappa shape index (κ2) is 11.5. The van der Waals surface area contributed by atoms with Crippen molar-refractivity contribution in [3.63, 3.8) is 0 Å². The third-order valence-corrected chi connectivity index (χ3v) is 9.20. The lowest BCUT2D eigenvalue weighted by Crippen LogP contribution is -1.92. The van der Waals surface area contributed by atoms with Crippen LogP contribution in [0.1, 0.15) is 0 Å². The van der Waals surface area contributed by atoms with Crippen LogP contribution < -0.4 is 0 Å². The zero-order valence-corrected chi connectivity index (χ0v) is 26.9. The number of halogens is 2. The van der Waals surface area contributed by atoms with Gasteiger partial charge < -0.3 is 0 Å². The molecule has 0 spiro atoms. The van der Waals surface area contributed by atoms with Crippen LogP contribution in [-0.2, 0) is 0 Å². The van der Waals surface area contributed by atoms with Gasteiger partial charge in [-0.2, -0.15) is 0 Å². The van der Waals surface area contributed by atoms with Crippen LogP contribution in [0.3, 0.4) is 0 Å². The van der Waals surface area contributed by atoms with Gasteiger partial charge in [0.1, 0.15) is 0 Å². The van der Waals surface area contributed by atoms with Crippen LogP contribution in [0, 0.1) is 0 Å². The summed E-state index contributed by atoms with van der Waals surface area (Å²) in [7, 11) is 0. The molecular formula is C42H24Cl2N4. The van der Waals surface area contributed by atoms with Gasteiger partial charge in [0.25, 0.3) is 0 Å². The molecule has 4 heterocycles. The van der Waals surface area contributed by atoms with Crippen LogP contribution in [0.15, 0.2) is 146 Å². The quantitative estimate of drug-likeness (QED) is 0.177. The number of nitrogens with zero attached hydrogens (tertiary/aromatic N) is 4. The molecule has 9 rings (SSSR count). The molecule has 0 unspecified atom stereocenters. The molecule has 0 aliphatic carbocycles. The van der Waals surface area contributed by atoms with Gasteiger partial charge in [0.05, 0.1) is 44.8 Å². The number of hydrogen-bond donors (Lipinski definition) is 0. The lowest BCUT2D eigenvalue weighted by Gasteiger charge is -2.10. The van der Waals surface area contributed by atoms with E-state index in [1.165, 1.54) is 0 Å². The highest BCUT2D eigenvalue weighted by Gasteiger charge is 2.12. The molecule has 0 saturated heterocycles. The van der Waals surface area contributed by atoms with E-state index in [4.69, 9.17) is 43.1 Å². The molecule has 5 aromatic carbocycles. The predicted molar refractivity (Wildman–Crippen MR) is 199 cm³/mol. The van der Waals surface area contributed by atoms with Crippen molar-refractivity contribution >= 4 is 66.8 Å². The van der Waals surface area contributed by atoms with E-state index in [-0.39, 0.29) is 0 Å². The second-order valence-corrected chi connectivity index (χ2v) is 12.7. The van der Waals surface area contributed by atoms with E-state index in [1.54, 1.807) is 0 Å². The van der Waals surface area contributed by atoms with E-state index in [1.807, 2.05) is 60.7 Å². The first-order chi connectivity index (χ1) is 23.6.